The van der Waals surface area contributed by atoms with E-state index in [0.29, 0.717) is 23.6 Å². The molecule has 0 bridgehead atoms. The van der Waals surface area contributed by atoms with Crippen molar-refractivity contribution in [3.05, 3.63) is 58.7 Å². The number of carbonyl (C=O) groups excluding carboxylic acids is 1. The highest BCUT2D eigenvalue weighted by Gasteiger charge is 2.31. The van der Waals surface area contributed by atoms with Crippen LogP contribution in [0.1, 0.15) is 33.1 Å². The van der Waals surface area contributed by atoms with E-state index in [1.165, 1.54) is 5.56 Å². The summed E-state index contributed by atoms with van der Waals surface area (Å²) in [6.07, 6.45) is 0. The van der Waals surface area contributed by atoms with E-state index in [1.54, 1.807) is 20.3 Å². The summed E-state index contributed by atoms with van der Waals surface area (Å²) in [5.41, 5.74) is 3.71. The molecule has 0 radical (unpaired) electrons. The van der Waals surface area contributed by atoms with Gasteiger partial charge in [0.25, 0.3) is 0 Å². The molecule has 1 heterocycles. The largest absolute Gasteiger partial charge is 0.493 e. The molecule has 0 saturated heterocycles. The van der Waals surface area contributed by atoms with Gasteiger partial charge in [-0.15, -0.1) is 12.4 Å². The van der Waals surface area contributed by atoms with Gasteiger partial charge < -0.3 is 9.47 Å². The first-order valence-corrected chi connectivity index (χ1v) is 7.23. The summed E-state index contributed by atoms with van der Waals surface area (Å²) in [6, 6.07) is 11.3. The van der Waals surface area contributed by atoms with Crippen molar-refractivity contribution >= 4 is 18.2 Å². The monoisotopic (exact) mass is 333 g/mol. The normalized spacial score (nSPS) is 16.3. The Morgan fingerprint density at radius 3 is 2.35 bits per heavy atom. The second-order valence-corrected chi connectivity index (χ2v) is 5.42. The average molecular weight is 334 g/mol. The maximum Gasteiger partial charge on any atom is 0.184 e. The maximum absolute atomic E-state index is 12.8. The third kappa shape index (κ3) is 3.05. The fraction of sp³-hybridized carbons (Fsp3) is 0.278. The molecule has 0 amide bonds. The van der Waals surface area contributed by atoms with Crippen LogP contribution in [0.25, 0.3) is 0 Å². The van der Waals surface area contributed by atoms with Crippen LogP contribution in [-0.4, -0.2) is 20.0 Å². The molecule has 0 saturated carbocycles. The fourth-order valence-electron chi connectivity index (χ4n) is 2.88. The summed E-state index contributed by atoms with van der Waals surface area (Å²) in [5, 5.41) is 3.30. The molecule has 2 aromatic carbocycles. The van der Waals surface area contributed by atoms with Crippen LogP contribution in [0.4, 0.5) is 0 Å². The van der Waals surface area contributed by atoms with Gasteiger partial charge in [0.2, 0.25) is 0 Å². The number of Topliss-reactive ketones (excluding diaryl/α,β-unsaturated/α-hetero) is 1. The summed E-state index contributed by atoms with van der Waals surface area (Å²) < 4.78 is 10.7. The number of rotatable bonds is 3. The molecule has 1 unspecified atom stereocenters. The Kier molecular flexibility index (Phi) is 5.29. The Bertz CT molecular complexity index is 713. The van der Waals surface area contributed by atoms with Crippen LogP contribution >= 0.6 is 12.4 Å². The van der Waals surface area contributed by atoms with Gasteiger partial charge in [-0.1, -0.05) is 29.8 Å². The molecule has 4 nitrogen and oxygen atoms in total. The zero-order chi connectivity index (χ0) is 15.7. The summed E-state index contributed by atoms with van der Waals surface area (Å²) >= 11 is 0. The lowest BCUT2D eigenvalue weighted by molar-refractivity contribution is 0.0929. The molecule has 2 aromatic rings. The molecule has 3 rings (SSSR count). The van der Waals surface area contributed by atoms with Gasteiger partial charge in [-0.3, -0.25) is 10.1 Å². The van der Waals surface area contributed by atoms with Crippen molar-refractivity contribution in [3.63, 3.8) is 0 Å². The van der Waals surface area contributed by atoms with E-state index in [0.717, 1.165) is 11.1 Å². The lowest BCUT2D eigenvalue weighted by atomic mass is 9.89. The molecule has 23 heavy (non-hydrogen) atoms. The Morgan fingerprint density at radius 1 is 1.04 bits per heavy atom. The van der Waals surface area contributed by atoms with Crippen molar-refractivity contribution in [2.45, 2.75) is 19.5 Å². The predicted octanol–water partition coefficient (Wildman–Crippen LogP) is 3.46. The van der Waals surface area contributed by atoms with Gasteiger partial charge in [0.05, 0.1) is 20.3 Å². The summed E-state index contributed by atoms with van der Waals surface area (Å²) in [6.45, 7) is 2.60. The Hall–Kier alpha value is -2.04. The standard InChI is InChI=1S/C18H19NO3.ClH/c1-11-4-6-12(7-5-11)16-17(20)13-8-9-15(21-2)18(22-3)14(13)10-19-16;/h4-9,16,19H,10H2,1-3H3;1H. The minimum absolute atomic E-state index is 0. The van der Waals surface area contributed by atoms with Crippen LogP contribution in [0.5, 0.6) is 11.5 Å². The molecular formula is C18H20ClNO3. The van der Waals surface area contributed by atoms with Gasteiger partial charge in [0.1, 0.15) is 0 Å². The smallest absolute Gasteiger partial charge is 0.184 e. The van der Waals surface area contributed by atoms with Crippen LogP contribution in [0.3, 0.4) is 0 Å². The third-order valence-corrected chi connectivity index (χ3v) is 4.07. The Labute approximate surface area is 142 Å². The highest BCUT2D eigenvalue weighted by Crippen LogP contribution is 2.37. The predicted molar refractivity (Wildman–Crippen MR) is 91.9 cm³/mol. The van der Waals surface area contributed by atoms with Crippen LogP contribution in [0.15, 0.2) is 36.4 Å². The van der Waals surface area contributed by atoms with E-state index in [1.807, 2.05) is 37.3 Å². The van der Waals surface area contributed by atoms with Gasteiger partial charge in [-0.05, 0) is 24.6 Å². The van der Waals surface area contributed by atoms with Crippen molar-refractivity contribution in [2.24, 2.45) is 0 Å². The number of hydrogen-bond donors (Lipinski definition) is 1. The number of halogens is 1. The molecule has 5 heteroatoms. The van der Waals surface area contributed by atoms with E-state index < -0.39 is 0 Å². The third-order valence-electron chi connectivity index (χ3n) is 4.07. The van der Waals surface area contributed by atoms with Crippen LogP contribution in [0, 0.1) is 6.92 Å². The zero-order valence-corrected chi connectivity index (χ0v) is 14.2. The summed E-state index contributed by atoms with van der Waals surface area (Å²) in [4.78, 5) is 12.8. The minimum atomic E-state index is -0.314. The lowest BCUT2D eigenvalue weighted by Crippen LogP contribution is -2.34. The molecular weight excluding hydrogens is 314 g/mol. The number of ether oxygens (including phenoxy) is 2. The first-order valence-electron chi connectivity index (χ1n) is 7.23. The number of benzene rings is 2. The molecule has 0 aromatic heterocycles. The van der Waals surface area contributed by atoms with Gasteiger partial charge in [-0.25, -0.2) is 0 Å². The number of carbonyl (C=O) groups is 1. The summed E-state index contributed by atoms with van der Waals surface area (Å²) in [5.74, 6) is 1.33. The molecule has 0 fully saturated rings. The van der Waals surface area contributed by atoms with Gasteiger partial charge >= 0.3 is 0 Å². The van der Waals surface area contributed by atoms with Crippen molar-refractivity contribution in [3.8, 4) is 11.5 Å². The topological polar surface area (TPSA) is 47.6 Å². The number of ketones is 1. The minimum Gasteiger partial charge on any atom is -0.493 e. The van der Waals surface area contributed by atoms with E-state index >= 15 is 0 Å². The maximum atomic E-state index is 12.8. The molecule has 1 aliphatic heterocycles. The van der Waals surface area contributed by atoms with Gasteiger partial charge in [0, 0.05) is 17.7 Å². The van der Waals surface area contributed by atoms with E-state index in [2.05, 4.69) is 5.32 Å². The van der Waals surface area contributed by atoms with E-state index in [4.69, 9.17) is 9.47 Å². The Balaban J connectivity index is 0.00000192. The Morgan fingerprint density at radius 2 is 1.74 bits per heavy atom. The number of methoxy groups -OCH3 is 2. The van der Waals surface area contributed by atoms with Gasteiger partial charge in [0.15, 0.2) is 17.3 Å². The van der Waals surface area contributed by atoms with Crippen molar-refractivity contribution in [1.82, 2.24) is 5.32 Å². The highest BCUT2D eigenvalue weighted by molar-refractivity contribution is 6.03. The van der Waals surface area contributed by atoms with E-state index in [9.17, 15) is 4.79 Å². The molecule has 0 aliphatic carbocycles. The highest BCUT2D eigenvalue weighted by atomic mass is 35.5. The zero-order valence-electron chi connectivity index (χ0n) is 13.4. The number of fused-ring (bicyclic) bond motifs is 1. The number of nitrogens with one attached hydrogen (secondary N) is 1. The molecule has 1 atom stereocenters. The second-order valence-electron chi connectivity index (χ2n) is 5.42. The fourth-order valence-corrected chi connectivity index (χ4v) is 2.88. The molecule has 122 valence electrons. The lowest BCUT2D eigenvalue weighted by Gasteiger charge is -2.27. The number of aryl methyl sites for hydroxylation is 1. The van der Waals surface area contributed by atoms with Crippen LogP contribution in [0.2, 0.25) is 0 Å². The first-order chi connectivity index (χ1) is 10.7. The van der Waals surface area contributed by atoms with Gasteiger partial charge in [-0.2, -0.15) is 0 Å². The van der Waals surface area contributed by atoms with Crippen molar-refractivity contribution < 1.29 is 14.3 Å². The van der Waals surface area contributed by atoms with Crippen molar-refractivity contribution in [2.75, 3.05) is 14.2 Å². The quantitative estimate of drug-likeness (QED) is 0.934. The second kappa shape index (κ2) is 7.02. The van der Waals surface area contributed by atoms with Crippen molar-refractivity contribution in [1.29, 1.82) is 0 Å². The summed E-state index contributed by atoms with van der Waals surface area (Å²) in [7, 11) is 3.19. The van der Waals surface area contributed by atoms with Crippen LogP contribution < -0.4 is 14.8 Å². The SMILES string of the molecule is COc1ccc2c(c1OC)CNC(c1ccc(C)cc1)C2=O.Cl. The molecule has 0 spiro atoms. The average Bonchev–Trinajstić information content (AvgIpc) is 2.55. The van der Waals surface area contributed by atoms with E-state index in [-0.39, 0.29) is 24.2 Å². The number of hydrogen-bond acceptors (Lipinski definition) is 4. The molecule has 1 N–H and O–H groups in total. The molecule has 1 aliphatic rings. The van der Waals surface area contributed by atoms with Crippen LogP contribution in [-0.2, 0) is 6.54 Å². The first kappa shape index (κ1) is 17.3.